The van der Waals surface area contributed by atoms with Crippen molar-refractivity contribution in [2.24, 2.45) is 0 Å². The van der Waals surface area contributed by atoms with Crippen LogP contribution in [0.15, 0.2) is 0 Å². The third kappa shape index (κ3) is 2.92. The van der Waals surface area contributed by atoms with Gasteiger partial charge in [-0.05, 0) is 0 Å². The van der Waals surface area contributed by atoms with Crippen LogP contribution in [0.3, 0.4) is 0 Å². The smallest absolute Gasteiger partial charge is 0.342 e. The predicted molar refractivity (Wildman–Crippen MR) is 101 cm³/mol. The molecule has 2 aromatic rings. The second kappa shape index (κ2) is 8.64. The molecule has 0 saturated heterocycles. The minimum atomic E-state index is -0.671. The van der Waals surface area contributed by atoms with E-state index in [4.69, 9.17) is 37.9 Å². The first kappa shape index (κ1) is 21.1. The summed E-state index contributed by atoms with van der Waals surface area (Å²) >= 11 is 0. The van der Waals surface area contributed by atoms with E-state index in [0.717, 1.165) is 0 Å². The van der Waals surface area contributed by atoms with Gasteiger partial charge in [0.15, 0.2) is 23.0 Å². The molecule has 154 valence electrons. The van der Waals surface area contributed by atoms with E-state index in [2.05, 4.69) is 0 Å². The van der Waals surface area contributed by atoms with Gasteiger partial charge in [-0.3, -0.25) is 0 Å². The Labute approximate surface area is 162 Å². The molecule has 0 aliphatic heterocycles. The summed E-state index contributed by atoms with van der Waals surface area (Å²) < 4.78 is 43.7. The van der Waals surface area contributed by atoms with Gasteiger partial charge in [0.05, 0.1) is 67.7 Å². The number of benzene rings is 2. The first-order valence-electron chi connectivity index (χ1n) is 8.10. The Morgan fingerprint density at radius 3 is 1.11 bits per heavy atom. The normalized spacial score (nSPS) is 10.3. The molecule has 0 amide bonds. The zero-order chi connectivity index (χ0) is 21.0. The minimum absolute atomic E-state index is 0.0637. The van der Waals surface area contributed by atoms with Crippen molar-refractivity contribution in [2.45, 2.75) is 0 Å². The van der Waals surface area contributed by atoms with E-state index in [-0.39, 0.29) is 45.8 Å². The van der Waals surface area contributed by atoms with Crippen molar-refractivity contribution in [1.29, 1.82) is 0 Å². The number of esters is 1. The van der Waals surface area contributed by atoms with Crippen LogP contribution in [0.2, 0.25) is 0 Å². The fourth-order valence-electron chi connectivity index (χ4n) is 3.19. The number of ether oxygens (including phenoxy) is 8. The fourth-order valence-corrected chi connectivity index (χ4v) is 3.19. The summed E-state index contributed by atoms with van der Waals surface area (Å²) in [7, 11) is 11.3. The van der Waals surface area contributed by atoms with Crippen LogP contribution in [0.25, 0.3) is 10.8 Å². The molecule has 0 saturated carbocycles. The molecular formula is C19H24O9. The Kier molecular flexibility index (Phi) is 6.50. The molecule has 0 aromatic heterocycles. The fraction of sp³-hybridized carbons (Fsp3) is 0.421. The standard InChI is InChI=1S/C19H24O9/c1-21-12-9-10(14(23-3)18(27-7)17(12)26-6)13(22-2)16(25-5)15(24-4)11(9)19(20)28-8/h1-8H3. The van der Waals surface area contributed by atoms with E-state index in [9.17, 15) is 4.79 Å². The quantitative estimate of drug-likeness (QED) is 0.625. The van der Waals surface area contributed by atoms with Gasteiger partial charge in [-0.25, -0.2) is 4.79 Å². The van der Waals surface area contributed by atoms with E-state index < -0.39 is 5.97 Å². The summed E-state index contributed by atoms with van der Waals surface area (Å²) in [6.07, 6.45) is 0. The number of fused-ring (bicyclic) bond motifs is 1. The summed E-state index contributed by atoms with van der Waals surface area (Å²) in [5, 5.41) is 0.677. The van der Waals surface area contributed by atoms with E-state index in [1.807, 2.05) is 0 Å². The van der Waals surface area contributed by atoms with Crippen LogP contribution >= 0.6 is 0 Å². The zero-order valence-corrected chi connectivity index (χ0v) is 17.2. The van der Waals surface area contributed by atoms with Crippen molar-refractivity contribution in [2.75, 3.05) is 56.9 Å². The van der Waals surface area contributed by atoms with E-state index in [0.29, 0.717) is 10.8 Å². The number of carbonyl (C=O) groups excluding carboxylic acids is 1. The molecular weight excluding hydrogens is 372 g/mol. The lowest BCUT2D eigenvalue weighted by atomic mass is 9.98. The average molecular weight is 396 g/mol. The van der Waals surface area contributed by atoms with Gasteiger partial charge in [-0.2, -0.15) is 0 Å². The van der Waals surface area contributed by atoms with Crippen LogP contribution < -0.4 is 33.2 Å². The Balaban J connectivity index is 3.37. The lowest BCUT2D eigenvalue weighted by Crippen LogP contribution is -2.10. The highest BCUT2D eigenvalue weighted by Gasteiger charge is 2.35. The summed E-state index contributed by atoms with van der Waals surface area (Å²) in [6.45, 7) is 0. The molecule has 0 unspecified atom stereocenters. The van der Waals surface area contributed by atoms with Crippen LogP contribution in [0.1, 0.15) is 10.4 Å². The van der Waals surface area contributed by atoms with Gasteiger partial charge in [0.25, 0.3) is 0 Å². The lowest BCUT2D eigenvalue weighted by molar-refractivity contribution is 0.0598. The van der Waals surface area contributed by atoms with E-state index >= 15 is 0 Å². The number of hydrogen-bond acceptors (Lipinski definition) is 9. The maximum atomic E-state index is 12.7. The number of methoxy groups -OCH3 is 8. The van der Waals surface area contributed by atoms with Gasteiger partial charge < -0.3 is 37.9 Å². The molecule has 9 nitrogen and oxygen atoms in total. The molecule has 0 radical (unpaired) electrons. The largest absolute Gasteiger partial charge is 0.492 e. The predicted octanol–water partition coefficient (Wildman–Crippen LogP) is 2.69. The zero-order valence-electron chi connectivity index (χ0n) is 17.2. The monoisotopic (exact) mass is 396 g/mol. The second-order valence-electron chi connectivity index (χ2n) is 5.35. The number of rotatable bonds is 8. The SMILES string of the molecule is COC(=O)c1c(OC)c(OC)c(OC)c2c(OC)c(OC)c(OC)c(OC)c12. The maximum absolute atomic E-state index is 12.7. The highest BCUT2D eigenvalue weighted by Crippen LogP contribution is 2.59. The highest BCUT2D eigenvalue weighted by atomic mass is 16.6. The van der Waals surface area contributed by atoms with Crippen molar-refractivity contribution in [3.05, 3.63) is 5.56 Å². The molecule has 0 fully saturated rings. The molecule has 0 spiro atoms. The van der Waals surface area contributed by atoms with Gasteiger partial charge in [-0.15, -0.1) is 0 Å². The molecule has 0 bridgehead atoms. The summed E-state index contributed by atoms with van der Waals surface area (Å²) in [5.74, 6) is 0.864. The molecule has 2 aromatic carbocycles. The van der Waals surface area contributed by atoms with Crippen LogP contribution in [-0.4, -0.2) is 62.8 Å². The first-order valence-corrected chi connectivity index (χ1v) is 8.10. The van der Waals surface area contributed by atoms with Crippen molar-refractivity contribution in [1.82, 2.24) is 0 Å². The van der Waals surface area contributed by atoms with Crippen LogP contribution in [0.5, 0.6) is 40.2 Å². The summed E-state index contributed by atoms with van der Waals surface area (Å²) in [6, 6.07) is 0. The maximum Gasteiger partial charge on any atom is 0.342 e. The molecule has 0 N–H and O–H groups in total. The van der Waals surface area contributed by atoms with Gasteiger partial charge in [0.1, 0.15) is 5.56 Å². The van der Waals surface area contributed by atoms with Gasteiger partial charge >= 0.3 is 5.97 Å². The van der Waals surface area contributed by atoms with E-state index in [1.165, 1.54) is 56.9 Å². The third-order valence-electron chi connectivity index (χ3n) is 4.26. The number of carbonyl (C=O) groups is 1. The van der Waals surface area contributed by atoms with Gasteiger partial charge in [0.2, 0.25) is 17.2 Å². The van der Waals surface area contributed by atoms with Crippen molar-refractivity contribution in [3.63, 3.8) is 0 Å². The first-order chi connectivity index (χ1) is 13.5. The Hall–Kier alpha value is -3.23. The average Bonchev–Trinajstić information content (AvgIpc) is 2.74. The summed E-state index contributed by atoms with van der Waals surface area (Å²) in [5.41, 5.74) is 0.0637. The Morgan fingerprint density at radius 1 is 0.464 bits per heavy atom. The molecule has 9 heteroatoms. The molecule has 2 rings (SSSR count). The number of hydrogen-bond donors (Lipinski definition) is 0. The van der Waals surface area contributed by atoms with Crippen LogP contribution in [-0.2, 0) is 4.74 Å². The van der Waals surface area contributed by atoms with Gasteiger partial charge in [-0.1, -0.05) is 0 Å². The van der Waals surface area contributed by atoms with Crippen molar-refractivity contribution >= 4 is 16.7 Å². The molecule has 0 aliphatic rings. The molecule has 28 heavy (non-hydrogen) atoms. The molecule has 0 heterocycles. The third-order valence-corrected chi connectivity index (χ3v) is 4.26. The summed E-state index contributed by atoms with van der Waals surface area (Å²) in [4.78, 5) is 12.7. The van der Waals surface area contributed by atoms with Crippen molar-refractivity contribution < 1.29 is 42.7 Å². The second-order valence-corrected chi connectivity index (χ2v) is 5.35. The Bertz CT molecular complexity index is 879. The van der Waals surface area contributed by atoms with Crippen LogP contribution in [0.4, 0.5) is 0 Å². The van der Waals surface area contributed by atoms with Crippen LogP contribution in [0, 0.1) is 0 Å². The molecule has 0 aliphatic carbocycles. The molecule has 0 atom stereocenters. The highest BCUT2D eigenvalue weighted by molar-refractivity contribution is 6.16. The van der Waals surface area contributed by atoms with Crippen molar-refractivity contribution in [3.8, 4) is 40.2 Å². The lowest BCUT2D eigenvalue weighted by Gasteiger charge is -2.24. The van der Waals surface area contributed by atoms with E-state index in [1.54, 1.807) is 0 Å². The minimum Gasteiger partial charge on any atom is -0.492 e. The Morgan fingerprint density at radius 2 is 0.786 bits per heavy atom. The van der Waals surface area contributed by atoms with Gasteiger partial charge in [0, 0.05) is 0 Å². The topological polar surface area (TPSA) is 90.9 Å².